The fourth-order valence-electron chi connectivity index (χ4n) is 2.90. The summed E-state index contributed by atoms with van der Waals surface area (Å²) >= 11 is 5.56. The third-order valence-corrected chi connectivity index (χ3v) is 4.88. The van der Waals surface area contributed by atoms with Crippen LogP contribution in [0, 0.1) is 0 Å². The molecule has 3 rings (SSSR count). The van der Waals surface area contributed by atoms with Gasteiger partial charge < -0.3 is 18.6 Å². The Morgan fingerprint density at radius 1 is 0.966 bits per heavy atom. The topological polar surface area (TPSA) is 91.5 Å². The fourth-order valence-corrected chi connectivity index (χ4v) is 3.14. The van der Waals surface area contributed by atoms with E-state index in [1.165, 1.54) is 33.3 Å². The van der Waals surface area contributed by atoms with Crippen molar-refractivity contribution in [3.8, 4) is 0 Å². The van der Waals surface area contributed by atoms with Gasteiger partial charge in [0.15, 0.2) is 0 Å². The van der Waals surface area contributed by atoms with Crippen molar-refractivity contribution < 1.29 is 19.1 Å². The molecule has 162 valence electrons. The zero-order valence-electron chi connectivity index (χ0n) is 17.1. The Morgan fingerprint density at radius 2 is 1.41 bits per heavy atom. The molecule has 0 unspecified atom stereocenters. The van der Waals surface area contributed by atoms with Gasteiger partial charge in [-0.15, -0.1) is 24.0 Å². The lowest BCUT2D eigenvalue weighted by Crippen LogP contribution is -2.21. The van der Waals surface area contributed by atoms with Gasteiger partial charge in [-0.25, -0.2) is 19.6 Å². The van der Waals surface area contributed by atoms with Gasteiger partial charge >= 0.3 is 11.9 Å². The van der Waals surface area contributed by atoms with E-state index in [2.05, 4.69) is 24.3 Å². The summed E-state index contributed by atoms with van der Waals surface area (Å²) in [6.07, 6.45) is 5.54. The van der Waals surface area contributed by atoms with E-state index < -0.39 is 5.97 Å². The molecule has 0 aromatic carbocycles. The first-order valence-electron chi connectivity index (χ1n) is 8.89. The standard InChI is InChI=1S/C11H17N3O2.C7H9ClN2O2.ClH/c1-13-9(11(15)16-2)7-12-10(13)8-14-5-3-4-6-14;1-10-5(7(11)12-2)4-9-6(10)3-8;/h7H,3-6,8H2,1-2H3;4H,3H2,1-2H3;1H. The highest BCUT2D eigenvalue weighted by Crippen LogP contribution is 2.13. The Labute approximate surface area is 181 Å². The number of rotatable bonds is 5. The van der Waals surface area contributed by atoms with Gasteiger partial charge in [-0.3, -0.25) is 4.90 Å². The molecule has 0 bridgehead atoms. The number of halogens is 2. The van der Waals surface area contributed by atoms with Crippen molar-refractivity contribution in [2.45, 2.75) is 25.3 Å². The number of hydrogen-bond donors (Lipinski definition) is 0. The van der Waals surface area contributed by atoms with Crippen molar-refractivity contribution >= 4 is 35.9 Å². The Balaban J connectivity index is 0.000000292. The smallest absolute Gasteiger partial charge is 0.356 e. The molecule has 0 saturated carbocycles. The summed E-state index contributed by atoms with van der Waals surface area (Å²) < 4.78 is 12.6. The number of carbonyl (C=O) groups excluding carboxylic acids is 2. The maximum Gasteiger partial charge on any atom is 0.356 e. The number of likely N-dealkylation sites (tertiary alicyclic amines) is 1. The molecule has 1 fully saturated rings. The van der Waals surface area contributed by atoms with Gasteiger partial charge in [0.2, 0.25) is 0 Å². The SMILES string of the molecule is COC(=O)c1cnc(CCl)n1C.COC(=O)c1cnc(CN2CCCC2)n1C.Cl. The maximum absolute atomic E-state index is 11.4. The average Bonchev–Trinajstić information content (AvgIpc) is 3.43. The van der Waals surface area contributed by atoms with E-state index in [-0.39, 0.29) is 24.3 Å². The Morgan fingerprint density at radius 3 is 1.83 bits per heavy atom. The third-order valence-electron chi connectivity index (χ3n) is 4.64. The number of methoxy groups -OCH3 is 2. The zero-order chi connectivity index (χ0) is 20.7. The van der Waals surface area contributed by atoms with Crippen molar-refractivity contribution in [1.29, 1.82) is 0 Å². The van der Waals surface area contributed by atoms with Crippen molar-refractivity contribution in [3.63, 3.8) is 0 Å². The molecule has 9 nitrogen and oxygen atoms in total. The van der Waals surface area contributed by atoms with Crippen molar-refractivity contribution in [1.82, 2.24) is 24.0 Å². The Hall–Kier alpha value is -2.10. The van der Waals surface area contributed by atoms with Crippen LogP contribution >= 0.6 is 24.0 Å². The number of alkyl halides is 1. The zero-order valence-corrected chi connectivity index (χ0v) is 18.6. The van der Waals surface area contributed by atoms with Gasteiger partial charge in [0.05, 0.1) is 39.0 Å². The lowest BCUT2D eigenvalue weighted by atomic mass is 10.4. The molecule has 3 heterocycles. The van der Waals surface area contributed by atoms with Crippen LogP contribution in [-0.2, 0) is 36.0 Å². The maximum atomic E-state index is 11.4. The number of esters is 2. The Bertz CT molecular complexity index is 815. The minimum absolute atomic E-state index is 0. The molecule has 1 saturated heterocycles. The molecule has 2 aromatic rings. The highest BCUT2D eigenvalue weighted by Gasteiger charge is 2.18. The molecule has 0 spiro atoms. The molecule has 0 amide bonds. The minimum Gasteiger partial charge on any atom is -0.464 e. The van der Waals surface area contributed by atoms with Crippen LogP contribution in [0.2, 0.25) is 0 Å². The normalized spacial score (nSPS) is 13.3. The summed E-state index contributed by atoms with van der Waals surface area (Å²) in [5.41, 5.74) is 0.921. The molecule has 0 N–H and O–H groups in total. The van der Waals surface area contributed by atoms with Crippen LogP contribution in [-0.4, -0.2) is 63.2 Å². The van der Waals surface area contributed by atoms with E-state index in [1.807, 2.05) is 11.6 Å². The lowest BCUT2D eigenvalue weighted by Gasteiger charge is -2.14. The molecule has 1 aliphatic rings. The van der Waals surface area contributed by atoms with Crippen LogP contribution in [0.25, 0.3) is 0 Å². The summed E-state index contributed by atoms with van der Waals surface area (Å²) in [5.74, 6) is 1.12. The molecule has 0 aliphatic carbocycles. The third kappa shape index (κ3) is 6.19. The van der Waals surface area contributed by atoms with Crippen LogP contribution in [0.5, 0.6) is 0 Å². The van der Waals surface area contributed by atoms with Crippen LogP contribution in [0.4, 0.5) is 0 Å². The highest BCUT2D eigenvalue weighted by atomic mass is 35.5. The number of hydrogen-bond acceptors (Lipinski definition) is 7. The molecule has 0 radical (unpaired) electrons. The first-order valence-corrected chi connectivity index (χ1v) is 9.42. The molecule has 0 atom stereocenters. The second-order valence-electron chi connectivity index (χ2n) is 6.34. The van der Waals surface area contributed by atoms with Crippen LogP contribution in [0.3, 0.4) is 0 Å². The van der Waals surface area contributed by atoms with E-state index >= 15 is 0 Å². The predicted octanol–water partition coefficient (Wildman–Crippen LogP) is 2.17. The fraction of sp³-hybridized carbons (Fsp3) is 0.556. The van der Waals surface area contributed by atoms with Crippen LogP contribution < -0.4 is 0 Å². The monoisotopic (exact) mass is 447 g/mol. The summed E-state index contributed by atoms with van der Waals surface area (Å²) in [6.45, 7) is 3.06. The number of aromatic nitrogens is 4. The molecular weight excluding hydrogens is 421 g/mol. The molecule has 11 heteroatoms. The van der Waals surface area contributed by atoms with Crippen molar-refractivity contribution in [3.05, 3.63) is 35.4 Å². The first kappa shape index (κ1) is 24.9. The molecule has 1 aliphatic heterocycles. The number of ether oxygens (including phenoxy) is 2. The molecule has 29 heavy (non-hydrogen) atoms. The molecular formula is C18H27Cl2N5O4. The van der Waals surface area contributed by atoms with Crippen molar-refractivity contribution in [2.75, 3.05) is 27.3 Å². The van der Waals surface area contributed by atoms with Gasteiger partial charge in [0, 0.05) is 14.1 Å². The van der Waals surface area contributed by atoms with E-state index in [9.17, 15) is 9.59 Å². The summed E-state index contributed by atoms with van der Waals surface area (Å²) in [6, 6.07) is 0. The Kier molecular flexibility index (Phi) is 10.1. The van der Waals surface area contributed by atoms with Gasteiger partial charge in [0.25, 0.3) is 0 Å². The second kappa shape index (κ2) is 11.8. The second-order valence-corrected chi connectivity index (χ2v) is 6.60. The van der Waals surface area contributed by atoms with Crippen LogP contribution in [0.1, 0.15) is 45.5 Å². The predicted molar refractivity (Wildman–Crippen MR) is 110 cm³/mol. The van der Waals surface area contributed by atoms with Gasteiger partial charge in [0.1, 0.15) is 23.0 Å². The number of carbonyl (C=O) groups is 2. The minimum atomic E-state index is -0.402. The van der Waals surface area contributed by atoms with Crippen LogP contribution in [0.15, 0.2) is 12.4 Å². The number of imidazole rings is 2. The van der Waals surface area contributed by atoms with Gasteiger partial charge in [-0.05, 0) is 25.9 Å². The summed E-state index contributed by atoms with van der Waals surface area (Å²) in [7, 11) is 6.28. The van der Waals surface area contributed by atoms with E-state index in [0.29, 0.717) is 17.2 Å². The first-order chi connectivity index (χ1) is 13.4. The lowest BCUT2D eigenvalue weighted by molar-refractivity contribution is 0.0580. The van der Waals surface area contributed by atoms with E-state index in [4.69, 9.17) is 11.6 Å². The average molecular weight is 448 g/mol. The quantitative estimate of drug-likeness (QED) is 0.512. The van der Waals surface area contributed by atoms with E-state index in [0.717, 1.165) is 25.5 Å². The van der Waals surface area contributed by atoms with Gasteiger partial charge in [-0.1, -0.05) is 0 Å². The molecule has 2 aromatic heterocycles. The summed E-state index contributed by atoms with van der Waals surface area (Å²) in [5, 5.41) is 0. The number of nitrogens with zero attached hydrogens (tertiary/aromatic N) is 5. The van der Waals surface area contributed by atoms with Gasteiger partial charge in [-0.2, -0.15) is 0 Å². The van der Waals surface area contributed by atoms with Crippen molar-refractivity contribution in [2.24, 2.45) is 14.1 Å². The summed E-state index contributed by atoms with van der Waals surface area (Å²) in [4.78, 5) is 33.0. The largest absolute Gasteiger partial charge is 0.464 e. The highest BCUT2D eigenvalue weighted by molar-refractivity contribution is 6.16. The van der Waals surface area contributed by atoms with E-state index in [1.54, 1.807) is 17.8 Å².